The van der Waals surface area contributed by atoms with Crippen LogP contribution in [0.25, 0.3) is 0 Å². The molecule has 1 heterocycles. The predicted molar refractivity (Wildman–Crippen MR) is 79.6 cm³/mol. The average Bonchev–Trinajstić information content (AvgIpc) is 2.75. The van der Waals surface area contributed by atoms with Gasteiger partial charge in [0.05, 0.1) is 6.54 Å². The molecule has 0 aliphatic rings. The van der Waals surface area contributed by atoms with Crippen LogP contribution in [0.3, 0.4) is 0 Å². The average molecular weight is 352 g/mol. The van der Waals surface area contributed by atoms with Gasteiger partial charge in [0.1, 0.15) is 12.0 Å². The highest BCUT2D eigenvalue weighted by atomic mass is 127. The third kappa shape index (κ3) is 7.19. The highest BCUT2D eigenvalue weighted by Crippen LogP contribution is 1.96. The molecule has 0 saturated carbocycles. The zero-order chi connectivity index (χ0) is 11.8. The van der Waals surface area contributed by atoms with Crippen LogP contribution in [-0.2, 0) is 6.54 Å². The van der Waals surface area contributed by atoms with E-state index in [0.717, 1.165) is 24.7 Å². The molecule has 0 saturated heterocycles. The van der Waals surface area contributed by atoms with Gasteiger partial charge in [-0.3, -0.25) is 0 Å². The first-order valence-electron chi connectivity index (χ1n) is 5.63. The maximum absolute atomic E-state index is 4.74. The van der Waals surface area contributed by atoms with E-state index in [1.807, 2.05) is 13.0 Å². The summed E-state index contributed by atoms with van der Waals surface area (Å²) < 4.78 is 4.74. The summed E-state index contributed by atoms with van der Waals surface area (Å²) in [6.45, 7) is 8.66. The standard InChI is InChI=1S/C11H20N4O.HI/c1-4-12-11(13-7-9(2)3)14-8-10-5-6-16-15-10;/h5-6,9H,4,7-8H2,1-3H3,(H2,12,13,14);1H. The van der Waals surface area contributed by atoms with Crippen molar-refractivity contribution in [2.75, 3.05) is 13.1 Å². The molecule has 2 N–H and O–H groups in total. The van der Waals surface area contributed by atoms with Gasteiger partial charge in [0.2, 0.25) is 0 Å². The molecule has 0 radical (unpaired) electrons. The first kappa shape index (κ1) is 16.2. The Morgan fingerprint density at radius 3 is 2.76 bits per heavy atom. The molecule has 0 aliphatic carbocycles. The van der Waals surface area contributed by atoms with Gasteiger partial charge in [-0.05, 0) is 12.8 Å². The zero-order valence-electron chi connectivity index (χ0n) is 10.6. The minimum absolute atomic E-state index is 0. The van der Waals surface area contributed by atoms with Crippen molar-refractivity contribution in [2.45, 2.75) is 27.3 Å². The number of rotatable bonds is 5. The van der Waals surface area contributed by atoms with Crippen LogP contribution in [0.15, 0.2) is 21.8 Å². The number of aliphatic imine (C=N–C) groups is 1. The Morgan fingerprint density at radius 1 is 1.47 bits per heavy atom. The predicted octanol–water partition coefficient (Wildman–Crippen LogP) is 2.00. The lowest BCUT2D eigenvalue weighted by atomic mass is 10.2. The van der Waals surface area contributed by atoms with Gasteiger partial charge in [0.15, 0.2) is 5.96 Å². The van der Waals surface area contributed by atoms with Gasteiger partial charge in [-0.1, -0.05) is 19.0 Å². The van der Waals surface area contributed by atoms with E-state index in [0.29, 0.717) is 12.5 Å². The van der Waals surface area contributed by atoms with Crippen molar-refractivity contribution >= 4 is 29.9 Å². The van der Waals surface area contributed by atoms with Gasteiger partial charge in [-0.2, -0.15) is 0 Å². The summed E-state index contributed by atoms with van der Waals surface area (Å²) in [6.07, 6.45) is 1.55. The second-order valence-electron chi connectivity index (χ2n) is 3.96. The van der Waals surface area contributed by atoms with Crippen molar-refractivity contribution < 1.29 is 4.52 Å². The van der Waals surface area contributed by atoms with Gasteiger partial charge >= 0.3 is 0 Å². The van der Waals surface area contributed by atoms with E-state index in [-0.39, 0.29) is 24.0 Å². The molecule has 0 spiro atoms. The normalized spacial score (nSPS) is 11.2. The fraction of sp³-hybridized carbons (Fsp3) is 0.636. The first-order valence-corrected chi connectivity index (χ1v) is 5.63. The second-order valence-corrected chi connectivity index (χ2v) is 3.96. The Kier molecular flexibility index (Phi) is 8.83. The quantitative estimate of drug-likeness (QED) is 0.484. The molecule has 6 heteroatoms. The molecule has 0 amide bonds. The highest BCUT2D eigenvalue weighted by Gasteiger charge is 2.00. The molecule has 0 atom stereocenters. The van der Waals surface area contributed by atoms with E-state index in [1.165, 1.54) is 0 Å². The van der Waals surface area contributed by atoms with Gasteiger partial charge in [-0.25, -0.2) is 4.99 Å². The third-order valence-electron chi connectivity index (χ3n) is 1.91. The molecule has 1 aromatic heterocycles. The van der Waals surface area contributed by atoms with E-state index >= 15 is 0 Å². The number of halogens is 1. The topological polar surface area (TPSA) is 62.5 Å². The SMILES string of the molecule is CCNC(=NCc1ccon1)NCC(C)C.I. The molecule has 98 valence electrons. The molecule has 0 bridgehead atoms. The number of hydrogen-bond acceptors (Lipinski definition) is 3. The van der Waals surface area contributed by atoms with Gasteiger partial charge < -0.3 is 15.2 Å². The van der Waals surface area contributed by atoms with E-state index < -0.39 is 0 Å². The number of guanidine groups is 1. The monoisotopic (exact) mass is 352 g/mol. The van der Waals surface area contributed by atoms with Crippen LogP contribution in [0.2, 0.25) is 0 Å². The molecule has 0 aliphatic heterocycles. The third-order valence-corrected chi connectivity index (χ3v) is 1.91. The fourth-order valence-electron chi connectivity index (χ4n) is 1.12. The van der Waals surface area contributed by atoms with E-state index in [9.17, 15) is 0 Å². The van der Waals surface area contributed by atoms with Crippen LogP contribution in [-0.4, -0.2) is 24.2 Å². The Hall–Kier alpha value is -0.790. The number of aromatic nitrogens is 1. The largest absolute Gasteiger partial charge is 0.364 e. The summed E-state index contributed by atoms with van der Waals surface area (Å²) >= 11 is 0. The van der Waals surface area contributed by atoms with Crippen molar-refractivity contribution in [3.8, 4) is 0 Å². The number of hydrogen-bond donors (Lipinski definition) is 2. The molecular weight excluding hydrogens is 331 g/mol. The minimum Gasteiger partial charge on any atom is -0.364 e. The summed E-state index contributed by atoms with van der Waals surface area (Å²) in [4.78, 5) is 4.40. The molecule has 0 aromatic carbocycles. The van der Waals surface area contributed by atoms with Crippen molar-refractivity contribution in [2.24, 2.45) is 10.9 Å². The Balaban J connectivity index is 0.00000256. The molecule has 0 unspecified atom stereocenters. The van der Waals surface area contributed by atoms with Crippen molar-refractivity contribution in [1.82, 2.24) is 15.8 Å². The van der Waals surface area contributed by atoms with Crippen molar-refractivity contribution in [1.29, 1.82) is 0 Å². The van der Waals surface area contributed by atoms with Crippen LogP contribution < -0.4 is 10.6 Å². The van der Waals surface area contributed by atoms with Gasteiger partial charge in [0, 0.05) is 19.2 Å². The van der Waals surface area contributed by atoms with Crippen molar-refractivity contribution in [3.05, 3.63) is 18.0 Å². The minimum atomic E-state index is 0. The smallest absolute Gasteiger partial charge is 0.191 e. The molecule has 17 heavy (non-hydrogen) atoms. The van der Waals surface area contributed by atoms with Crippen molar-refractivity contribution in [3.63, 3.8) is 0 Å². The number of nitrogens with one attached hydrogen (secondary N) is 2. The zero-order valence-corrected chi connectivity index (χ0v) is 12.9. The molecular formula is C11H21IN4O. The Bertz CT molecular complexity index is 311. The highest BCUT2D eigenvalue weighted by molar-refractivity contribution is 14.0. The maximum atomic E-state index is 4.74. The maximum Gasteiger partial charge on any atom is 0.191 e. The lowest BCUT2D eigenvalue weighted by Gasteiger charge is -2.12. The Morgan fingerprint density at radius 2 is 2.24 bits per heavy atom. The molecule has 1 aromatic rings. The van der Waals surface area contributed by atoms with Gasteiger partial charge in [0.25, 0.3) is 0 Å². The van der Waals surface area contributed by atoms with Crippen LogP contribution in [0.1, 0.15) is 26.5 Å². The summed E-state index contributed by atoms with van der Waals surface area (Å²) in [5, 5.41) is 10.2. The lowest BCUT2D eigenvalue weighted by Crippen LogP contribution is -2.39. The Labute approximate surface area is 119 Å². The molecule has 0 fully saturated rings. The summed E-state index contributed by atoms with van der Waals surface area (Å²) in [7, 11) is 0. The van der Waals surface area contributed by atoms with E-state index in [4.69, 9.17) is 4.52 Å². The van der Waals surface area contributed by atoms with E-state index in [1.54, 1.807) is 6.26 Å². The van der Waals surface area contributed by atoms with Crippen LogP contribution in [0.5, 0.6) is 0 Å². The molecule has 1 rings (SSSR count). The summed E-state index contributed by atoms with van der Waals surface area (Å²) in [5.41, 5.74) is 0.835. The fourth-order valence-corrected chi connectivity index (χ4v) is 1.12. The summed E-state index contributed by atoms with van der Waals surface area (Å²) in [5.74, 6) is 1.41. The van der Waals surface area contributed by atoms with E-state index in [2.05, 4.69) is 34.6 Å². The molecule has 5 nitrogen and oxygen atoms in total. The van der Waals surface area contributed by atoms with Gasteiger partial charge in [-0.15, -0.1) is 24.0 Å². The van der Waals surface area contributed by atoms with Crippen LogP contribution in [0.4, 0.5) is 0 Å². The first-order chi connectivity index (χ1) is 7.72. The van der Waals surface area contributed by atoms with Crippen LogP contribution in [0, 0.1) is 5.92 Å². The number of nitrogens with zero attached hydrogens (tertiary/aromatic N) is 2. The lowest BCUT2D eigenvalue weighted by molar-refractivity contribution is 0.412. The summed E-state index contributed by atoms with van der Waals surface area (Å²) in [6, 6.07) is 1.81. The second kappa shape index (κ2) is 9.26. The van der Waals surface area contributed by atoms with Crippen LogP contribution >= 0.6 is 24.0 Å².